The lowest BCUT2D eigenvalue weighted by Gasteiger charge is -2.34. The second kappa shape index (κ2) is 11.0. The van der Waals surface area contributed by atoms with Crippen molar-refractivity contribution < 1.29 is 0 Å². The van der Waals surface area contributed by atoms with E-state index < -0.39 is 0 Å². The van der Waals surface area contributed by atoms with Crippen LogP contribution in [0, 0.1) is 13.8 Å². The van der Waals surface area contributed by atoms with Gasteiger partial charge in [0.15, 0.2) is 5.96 Å². The zero-order chi connectivity index (χ0) is 19.2. The summed E-state index contributed by atoms with van der Waals surface area (Å²) in [5.74, 6) is 0.912. The Hall–Kier alpha value is -1.36. The number of halogens is 1. The van der Waals surface area contributed by atoms with Crippen LogP contribution in [0.15, 0.2) is 17.4 Å². The molecular weight excluding hydrogens is 485 g/mol. The van der Waals surface area contributed by atoms with Crippen LogP contribution < -0.4 is 15.5 Å². The van der Waals surface area contributed by atoms with Crippen LogP contribution in [0.4, 0.5) is 5.69 Å². The molecular formula is C19H32IN7S. The molecule has 2 aromatic rings. The minimum Gasteiger partial charge on any atom is -0.367 e. The Morgan fingerprint density at radius 1 is 1.39 bits per heavy atom. The third-order valence-electron chi connectivity index (χ3n) is 4.77. The Balaban J connectivity index is 0.00000280. The summed E-state index contributed by atoms with van der Waals surface area (Å²) in [6, 6.07) is 0.393. The summed E-state index contributed by atoms with van der Waals surface area (Å²) in [6.07, 6.45) is 7.31. The average Bonchev–Trinajstić information content (AvgIpc) is 3.20. The molecule has 2 aromatic heterocycles. The molecule has 1 saturated heterocycles. The highest BCUT2D eigenvalue weighted by Gasteiger charge is 2.21. The van der Waals surface area contributed by atoms with Gasteiger partial charge < -0.3 is 15.5 Å². The standard InChI is InChI=1S/C19H31N7S.HI/c1-5-20-19(21-9-8-18-14(2)23-15(3)27-18)24-16-7-6-10-26(12-16)17-11-22-25(4)13-17;/h11,13,16H,5-10,12H2,1-4H3,(H2,20,21,24);1H. The maximum absolute atomic E-state index is 4.79. The summed E-state index contributed by atoms with van der Waals surface area (Å²) in [4.78, 5) is 13.0. The van der Waals surface area contributed by atoms with Crippen molar-refractivity contribution in [1.82, 2.24) is 25.4 Å². The third-order valence-corrected chi connectivity index (χ3v) is 5.90. The van der Waals surface area contributed by atoms with Gasteiger partial charge in [-0.25, -0.2) is 4.98 Å². The van der Waals surface area contributed by atoms with Crippen molar-refractivity contribution in [3.05, 3.63) is 28.0 Å². The molecule has 0 aromatic carbocycles. The van der Waals surface area contributed by atoms with Gasteiger partial charge in [-0.05, 0) is 33.6 Å². The third kappa shape index (κ3) is 6.33. The number of piperidine rings is 1. The van der Waals surface area contributed by atoms with Gasteiger partial charge in [0, 0.05) is 56.8 Å². The Labute approximate surface area is 189 Å². The number of guanidine groups is 1. The number of anilines is 1. The van der Waals surface area contributed by atoms with E-state index in [1.54, 1.807) is 11.3 Å². The minimum absolute atomic E-state index is 0. The number of hydrogen-bond acceptors (Lipinski definition) is 5. The highest BCUT2D eigenvalue weighted by molar-refractivity contribution is 14.0. The summed E-state index contributed by atoms with van der Waals surface area (Å²) in [5, 5.41) is 12.4. The molecule has 1 unspecified atom stereocenters. The topological polar surface area (TPSA) is 70.4 Å². The number of aromatic nitrogens is 3. The van der Waals surface area contributed by atoms with Crippen LogP contribution in [0.3, 0.4) is 0 Å². The molecule has 0 bridgehead atoms. The lowest BCUT2D eigenvalue weighted by atomic mass is 10.1. The molecule has 28 heavy (non-hydrogen) atoms. The first kappa shape index (κ1) is 22.9. The van der Waals surface area contributed by atoms with Crippen LogP contribution in [-0.4, -0.2) is 52.9 Å². The van der Waals surface area contributed by atoms with Gasteiger partial charge in [-0.15, -0.1) is 35.3 Å². The summed E-state index contributed by atoms with van der Waals surface area (Å²) in [6.45, 7) is 9.95. The van der Waals surface area contributed by atoms with E-state index in [1.807, 2.05) is 17.9 Å². The van der Waals surface area contributed by atoms with E-state index in [-0.39, 0.29) is 24.0 Å². The summed E-state index contributed by atoms with van der Waals surface area (Å²) in [7, 11) is 1.96. The second-order valence-corrected chi connectivity index (χ2v) is 8.34. The first-order valence-electron chi connectivity index (χ1n) is 9.76. The number of nitrogens with one attached hydrogen (secondary N) is 2. The monoisotopic (exact) mass is 517 g/mol. The maximum atomic E-state index is 4.79. The molecule has 1 aliphatic heterocycles. The molecule has 1 atom stereocenters. The number of rotatable bonds is 6. The number of aliphatic imine (C=N–C) groups is 1. The van der Waals surface area contributed by atoms with Gasteiger partial charge in [0.2, 0.25) is 0 Å². The quantitative estimate of drug-likeness (QED) is 0.351. The minimum atomic E-state index is 0. The van der Waals surface area contributed by atoms with E-state index in [0.29, 0.717) is 6.04 Å². The number of aryl methyl sites for hydroxylation is 3. The Kier molecular flexibility index (Phi) is 9.00. The van der Waals surface area contributed by atoms with Crippen LogP contribution in [-0.2, 0) is 13.5 Å². The van der Waals surface area contributed by atoms with E-state index in [9.17, 15) is 0 Å². The first-order chi connectivity index (χ1) is 13.0. The van der Waals surface area contributed by atoms with Crippen LogP contribution in [0.2, 0.25) is 0 Å². The van der Waals surface area contributed by atoms with E-state index in [1.165, 1.54) is 17.0 Å². The molecule has 0 amide bonds. The zero-order valence-corrected chi connectivity index (χ0v) is 20.4. The van der Waals surface area contributed by atoms with Crippen molar-refractivity contribution >= 4 is 47.0 Å². The fourth-order valence-corrected chi connectivity index (χ4v) is 4.41. The van der Waals surface area contributed by atoms with Crippen LogP contribution in [0.25, 0.3) is 0 Å². The molecule has 0 spiro atoms. The van der Waals surface area contributed by atoms with Gasteiger partial charge in [-0.3, -0.25) is 9.67 Å². The first-order valence-corrected chi connectivity index (χ1v) is 10.6. The van der Waals surface area contributed by atoms with Crippen LogP contribution >= 0.6 is 35.3 Å². The van der Waals surface area contributed by atoms with Crippen molar-refractivity contribution in [3.8, 4) is 0 Å². The lowest BCUT2D eigenvalue weighted by molar-refractivity contribution is 0.468. The van der Waals surface area contributed by atoms with Crippen molar-refractivity contribution in [2.24, 2.45) is 12.0 Å². The Bertz CT molecular complexity index is 770. The summed E-state index contributed by atoms with van der Waals surface area (Å²) >= 11 is 1.78. The number of hydrogen-bond donors (Lipinski definition) is 2. The van der Waals surface area contributed by atoms with E-state index in [0.717, 1.165) is 55.7 Å². The Morgan fingerprint density at radius 3 is 2.86 bits per heavy atom. The number of nitrogens with zero attached hydrogens (tertiary/aromatic N) is 5. The molecule has 1 aliphatic rings. The van der Waals surface area contributed by atoms with Crippen LogP contribution in [0.5, 0.6) is 0 Å². The van der Waals surface area contributed by atoms with Crippen LogP contribution in [0.1, 0.15) is 35.3 Å². The van der Waals surface area contributed by atoms with Gasteiger partial charge >= 0.3 is 0 Å². The van der Waals surface area contributed by atoms with E-state index in [2.05, 4.69) is 52.6 Å². The smallest absolute Gasteiger partial charge is 0.191 e. The predicted octanol–water partition coefficient (Wildman–Crippen LogP) is 2.88. The number of thiazole rings is 1. The molecule has 2 N–H and O–H groups in total. The molecule has 7 nitrogen and oxygen atoms in total. The van der Waals surface area contributed by atoms with Gasteiger partial charge in [0.05, 0.1) is 22.6 Å². The van der Waals surface area contributed by atoms with Gasteiger partial charge in [-0.2, -0.15) is 5.10 Å². The normalized spacial score (nSPS) is 17.4. The van der Waals surface area contributed by atoms with Crippen molar-refractivity contribution in [2.75, 3.05) is 31.1 Å². The van der Waals surface area contributed by atoms with Gasteiger partial charge in [-0.1, -0.05) is 0 Å². The molecule has 0 saturated carbocycles. The molecule has 3 heterocycles. The largest absolute Gasteiger partial charge is 0.367 e. The van der Waals surface area contributed by atoms with E-state index >= 15 is 0 Å². The summed E-state index contributed by atoms with van der Waals surface area (Å²) < 4.78 is 1.86. The molecule has 9 heteroatoms. The zero-order valence-electron chi connectivity index (χ0n) is 17.2. The molecule has 1 fully saturated rings. The van der Waals surface area contributed by atoms with E-state index in [4.69, 9.17) is 4.99 Å². The fourth-order valence-electron chi connectivity index (χ4n) is 3.49. The predicted molar refractivity (Wildman–Crippen MR) is 128 cm³/mol. The average molecular weight is 517 g/mol. The van der Waals surface area contributed by atoms with Gasteiger partial charge in [0.25, 0.3) is 0 Å². The SMILES string of the molecule is CCNC(=NCCc1sc(C)nc1C)NC1CCCN(c2cnn(C)c2)C1.I. The molecule has 3 rings (SSSR count). The fraction of sp³-hybridized carbons (Fsp3) is 0.632. The summed E-state index contributed by atoms with van der Waals surface area (Å²) in [5.41, 5.74) is 2.34. The maximum Gasteiger partial charge on any atom is 0.191 e. The van der Waals surface area contributed by atoms with Crippen molar-refractivity contribution in [3.63, 3.8) is 0 Å². The van der Waals surface area contributed by atoms with Gasteiger partial charge in [0.1, 0.15) is 0 Å². The Morgan fingerprint density at radius 2 is 2.21 bits per heavy atom. The second-order valence-electron chi connectivity index (χ2n) is 7.05. The highest BCUT2D eigenvalue weighted by Crippen LogP contribution is 2.19. The lowest BCUT2D eigenvalue weighted by Crippen LogP contribution is -2.51. The molecule has 0 radical (unpaired) electrons. The molecule has 156 valence electrons. The molecule has 0 aliphatic carbocycles. The highest BCUT2D eigenvalue weighted by atomic mass is 127. The van der Waals surface area contributed by atoms with Crippen molar-refractivity contribution in [2.45, 2.75) is 46.1 Å². The van der Waals surface area contributed by atoms with Crippen molar-refractivity contribution in [1.29, 1.82) is 0 Å².